The van der Waals surface area contributed by atoms with Crippen LogP contribution in [0.3, 0.4) is 0 Å². The van der Waals surface area contributed by atoms with Gasteiger partial charge in [0.05, 0.1) is 13.2 Å². The summed E-state index contributed by atoms with van der Waals surface area (Å²) in [5, 5.41) is 0. The van der Waals surface area contributed by atoms with Gasteiger partial charge in [0.2, 0.25) is 5.56 Å². The molecule has 0 spiro atoms. The zero-order chi connectivity index (χ0) is 13.1. The van der Waals surface area contributed by atoms with Gasteiger partial charge in [-0.15, -0.1) is 0 Å². The molecule has 1 N–H and O–H groups in total. The summed E-state index contributed by atoms with van der Waals surface area (Å²) in [5.41, 5.74) is 1.77. The number of aromatic nitrogens is 2. The Morgan fingerprint density at radius 2 is 2.11 bits per heavy atom. The maximum absolute atomic E-state index is 11.4. The highest BCUT2D eigenvalue weighted by Crippen LogP contribution is 2.27. The summed E-state index contributed by atoms with van der Waals surface area (Å²) in [6.45, 7) is 3.08. The quantitative estimate of drug-likeness (QED) is 0.880. The molecule has 5 heteroatoms. The molecule has 0 bridgehead atoms. The van der Waals surface area contributed by atoms with Crippen LogP contribution in [0.5, 0.6) is 0 Å². The Hall–Kier alpha value is -2.14. The van der Waals surface area contributed by atoms with E-state index in [4.69, 9.17) is 4.74 Å². The number of ether oxygens (including phenoxy) is 1. The lowest BCUT2D eigenvalue weighted by molar-refractivity contribution is 0.122. The largest absolute Gasteiger partial charge is 0.378 e. The molecule has 1 aliphatic heterocycles. The minimum atomic E-state index is -0.103. The molecule has 1 aliphatic rings. The number of aromatic amines is 1. The van der Waals surface area contributed by atoms with E-state index in [0.717, 1.165) is 30.0 Å². The first-order valence-electron chi connectivity index (χ1n) is 6.31. The summed E-state index contributed by atoms with van der Waals surface area (Å²) < 4.78 is 5.36. The Morgan fingerprint density at radius 1 is 1.26 bits per heavy atom. The lowest BCUT2D eigenvalue weighted by Crippen LogP contribution is -2.37. The van der Waals surface area contributed by atoms with Gasteiger partial charge in [-0.2, -0.15) is 0 Å². The number of nitrogens with zero attached hydrogens (tertiary/aromatic N) is 2. The first kappa shape index (κ1) is 11.9. The summed E-state index contributed by atoms with van der Waals surface area (Å²) >= 11 is 0. The zero-order valence-corrected chi connectivity index (χ0v) is 10.5. The Kier molecular flexibility index (Phi) is 3.29. The number of hydrogen-bond acceptors (Lipinski definition) is 4. The molecule has 2 aromatic rings. The van der Waals surface area contributed by atoms with Crippen LogP contribution in [0.15, 0.2) is 41.5 Å². The summed E-state index contributed by atoms with van der Waals surface area (Å²) in [7, 11) is 0. The second-order valence-corrected chi connectivity index (χ2v) is 4.42. The van der Waals surface area contributed by atoms with Crippen molar-refractivity contribution in [3.8, 4) is 11.1 Å². The first-order valence-corrected chi connectivity index (χ1v) is 6.31. The molecule has 2 aromatic heterocycles. The van der Waals surface area contributed by atoms with Crippen molar-refractivity contribution in [1.29, 1.82) is 0 Å². The number of pyridine rings is 2. The Labute approximate surface area is 110 Å². The summed E-state index contributed by atoms with van der Waals surface area (Å²) in [6.07, 6.45) is 3.44. The fourth-order valence-electron chi connectivity index (χ4n) is 2.26. The number of hydrogen-bond donors (Lipinski definition) is 1. The van der Waals surface area contributed by atoms with E-state index in [9.17, 15) is 4.79 Å². The minimum Gasteiger partial charge on any atom is -0.378 e. The van der Waals surface area contributed by atoms with Crippen LogP contribution in [0.2, 0.25) is 0 Å². The van der Waals surface area contributed by atoms with Crippen LogP contribution in [0.4, 0.5) is 5.82 Å². The molecule has 0 aliphatic carbocycles. The molecule has 19 heavy (non-hydrogen) atoms. The number of nitrogens with one attached hydrogen (secondary N) is 1. The molecule has 5 nitrogen and oxygen atoms in total. The van der Waals surface area contributed by atoms with Crippen molar-refractivity contribution < 1.29 is 4.74 Å². The third-order valence-electron chi connectivity index (χ3n) is 3.18. The van der Waals surface area contributed by atoms with Gasteiger partial charge in [0, 0.05) is 37.1 Å². The van der Waals surface area contributed by atoms with Gasteiger partial charge < -0.3 is 14.6 Å². The average Bonchev–Trinajstić information content (AvgIpc) is 2.48. The summed E-state index contributed by atoms with van der Waals surface area (Å²) in [4.78, 5) is 20.7. The second-order valence-electron chi connectivity index (χ2n) is 4.42. The Bertz CT molecular complexity index is 618. The van der Waals surface area contributed by atoms with Crippen LogP contribution in [0, 0.1) is 0 Å². The van der Waals surface area contributed by atoms with Gasteiger partial charge in [0.15, 0.2) is 0 Å². The molecule has 3 heterocycles. The molecule has 0 radical (unpaired) electrons. The van der Waals surface area contributed by atoms with Crippen molar-refractivity contribution in [3.63, 3.8) is 0 Å². The van der Waals surface area contributed by atoms with Crippen LogP contribution < -0.4 is 10.5 Å². The molecule has 1 saturated heterocycles. The minimum absolute atomic E-state index is 0.103. The monoisotopic (exact) mass is 257 g/mol. The summed E-state index contributed by atoms with van der Waals surface area (Å²) in [5.74, 6) is 0.913. The number of H-pyrrole nitrogens is 1. The first-order chi connectivity index (χ1) is 9.34. The van der Waals surface area contributed by atoms with E-state index < -0.39 is 0 Å². The molecule has 0 amide bonds. The SMILES string of the molecule is O=c1cc(-c2cccnc2N2CCOCC2)cc[nH]1. The highest BCUT2D eigenvalue weighted by atomic mass is 16.5. The number of rotatable bonds is 2. The van der Waals surface area contributed by atoms with Gasteiger partial charge >= 0.3 is 0 Å². The van der Waals surface area contributed by atoms with Crippen molar-refractivity contribution in [3.05, 3.63) is 47.0 Å². The van der Waals surface area contributed by atoms with Gasteiger partial charge in [0.1, 0.15) is 5.82 Å². The van der Waals surface area contributed by atoms with Crippen molar-refractivity contribution in [1.82, 2.24) is 9.97 Å². The Balaban J connectivity index is 2.03. The molecule has 0 aromatic carbocycles. The van der Waals surface area contributed by atoms with Crippen LogP contribution in [0.1, 0.15) is 0 Å². The highest BCUT2D eigenvalue weighted by molar-refractivity contribution is 5.75. The van der Waals surface area contributed by atoms with Crippen LogP contribution in [-0.4, -0.2) is 36.3 Å². The third kappa shape index (κ3) is 2.51. The lowest BCUT2D eigenvalue weighted by Gasteiger charge is -2.29. The van der Waals surface area contributed by atoms with Crippen molar-refractivity contribution in [2.45, 2.75) is 0 Å². The molecule has 0 unspecified atom stereocenters. The van der Waals surface area contributed by atoms with E-state index in [-0.39, 0.29) is 5.56 Å². The lowest BCUT2D eigenvalue weighted by atomic mass is 10.1. The molecule has 0 atom stereocenters. The maximum atomic E-state index is 11.4. The molecular formula is C14H15N3O2. The summed E-state index contributed by atoms with van der Waals surface area (Å²) in [6, 6.07) is 7.37. The normalized spacial score (nSPS) is 15.5. The van der Waals surface area contributed by atoms with E-state index in [1.165, 1.54) is 0 Å². The van der Waals surface area contributed by atoms with Crippen LogP contribution in [-0.2, 0) is 4.74 Å². The molecule has 3 rings (SSSR count). The zero-order valence-electron chi connectivity index (χ0n) is 10.5. The molecule has 0 saturated carbocycles. The van der Waals surface area contributed by atoms with Crippen LogP contribution >= 0.6 is 0 Å². The van der Waals surface area contributed by atoms with Gasteiger partial charge in [0.25, 0.3) is 0 Å². The van der Waals surface area contributed by atoms with Crippen molar-refractivity contribution in [2.75, 3.05) is 31.2 Å². The fourth-order valence-corrected chi connectivity index (χ4v) is 2.26. The van der Waals surface area contributed by atoms with Crippen molar-refractivity contribution >= 4 is 5.82 Å². The molecular weight excluding hydrogens is 242 g/mol. The average molecular weight is 257 g/mol. The maximum Gasteiger partial charge on any atom is 0.248 e. The van der Waals surface area contributed by atoms with Gasteiger partial charge in [-0.3, -0.25) is 4.79 Å². The van der Waals surface area contributed by atoms with E-state index in [1.807, 2.05) is 18.2 Å². The number of anilines is 1. The van der Waals surface area contributed by atoms with Gasteiger partial charge in [-0.1, -0.05) is 0 Å². The Morgan fingerprint density at radius 3 is 2.89 bits per heavy atom. The predicted octanol–water partition coefficient (Wildman–Crippen LogP) is 1.27. The van der Waals surface area contributed by atoms with E-state index in [1.54, 1.807) is 18.5 Å². The highest BCUT2D eigenvalue weighted by Gasteiger charge is 2.16. The molecule has 1 fully saturated rings. The fraction of sp³-hybridized carbons (Fsp3) is 0.286. The van der Waals surface area contributed by atoms with E-state index >= 15 is 0 Å². The number of morpholine rings is 1. The van der Waals surface area contributed by atoms with Gasteiger partial charge in [-0.25, -0.2) is 4.98 Å². The van der Waals surface area contributed by atoms with E-state index in [0.29, 0.717) is 13.2 Å². The van der Waals surface area contributed by atoms with Gasteiger partial charge in [-0.05, 0) is 23.8 Å². The second kappa shape index (κ2) is 5.24. The van der Waals surface area contributed by atoms with E-state index in [2.05, 4.69) is 14.9 Å². The predicted molar refractivity (Wildman–Crippen MR) is 73.3 cm³/mol. The smallest absolute Gasteiger partial charge is 0.248 e. The van der Waals surface area contributed by atoms with Crippen molar-refractivity contribution in [2.24, 2.45) is 0 Å². The molecule has 98 valence electrons. The topological polar surface area (TPSA) is 58.2 Å². The standard InChI is InChI=1S/C14H15N3O2/c18-13-10-11(3-5-15-13)12-2-1-4-16-14(12)17-6-8-19-9-7-17/h1-5,10H,6-9H2,(H,15,18). The third-order valence-corrected chi connectivity index (χ3v) is 3.18. The van der Waals surface area contributed by atoms with Crippen LogP contribution in [0.25, 0.3) is 11.1 Å².